The summed E-state index contributed by atoms with van der Waals surface area (Å²) in [5.41, 5.74) is 0.965. The predicted octanol–water partition coefficient (Wildman–Crippen LogP) is 4.68. The SMILES string of the molecule is CCC(=O)C12CCC(C[C@@H](c3ccc(Cl)c(Cl)c3)C1)N2C. The fourth-order valence-corrected chi connectivity index (χ4v) is 4.57. The van der Waals surface area contributed by atoms with Crippen molar-refractivity contribution in [3.8, 4) is 0 Å². The van der Waals surface area contributed by atoms with Crippen LogP contribution >= 0.6 is 23.2 Å². The molecular weight excluding hydrogens is 305 g/mol. The van der Waals surface area contributed by atoms with Gasteiger partial charge in [-0.2, -0.15) is 0 Å². The van der Waals surface area contributed by atoms with Crippen molar-refractivity contribution >= 4 is 29.0 Å². The summed E-state index contributed by atoms with van der Waals surface area (Å²) >= 11 is 12.2. The molecule has 2 bridgehead atoms. The van der Waals surface area contributed by atoms with Gasteiger partial charge < -0.3 is 0 Å². The topological polar surface area (TPSA) is 20.3 Å². The Hall–Kier alpha value is -0.570. The van der Waals surface area contributed by atoms with Gasteiger partial charge in [0.25, 0.3) is 0 Å². The van der Waals surface area contributed by atoms with E-state index in [-0.39, 0.29) is 5.54 Å². The predicted molar refractivity (Wildman–Crippen MR) is 87.3 cm³/mol. The zero-order valence-electron chi connectivity index (χ0n) is 12.5. The lowest BCUT2D eigenvalue weighted by molar-refractivity contribution is -0.131. The van der Waals surface area contributed by atoms with E-state index in [1.54, 1.807) is 0 Å². The van der Waals surface area contributed by atoms with Crippen molar-refractivity contribution < 1.29 is 4.79 Å². The van der Waals surface area contributed by atoms with Crippen LogP contribution in [-0.2, 0) is 4.79 Å². The quantitative estimate of drug-likeness (QED) is 0.803. The van der Waals surface area contributed by atoms with Crippen molar-refractivity contribution in [2.45, 2.75) is 56.5 Å². The normalized spacial score (nSPS) is 32.4. The number of likely N-dealkylation sites (N-methyl/N-ethyl adjacent to an activating group) is 1. The maximum Gasteiger partial charge on any atom is 0.152 e. The number of ketones is 1. The Morgan fingerprint density at radius 2 is 2.14 bits per heavy atom. The molecule has 2 unspecified atom stereocenters. The molecule has 2 nitrogen and oxygen atoms in total. The van der Waals surface area contributed by atoms with E-state index in [1.807, 2.05) is 19.1 Å². The maximum absolute atomic E-state index is 12.6. The molecule has 4 heteroatoms. The van der Waals surface area contributed by atoms with Crippen molar-refractivity contribution in [1.82, 2.24) is 4.90 Å². The van der Waals surface area contributed by atoms with Crippen molar-refractivity contribution in [2.24, 2.45) is 0 Å². The van der Waals surface area contributed by atoms with Gasteiger partial charge in [0.2, 0.25) is 0 Å². The summed E-state index contributed by atoms with van der Waals surface area (Å²) in [6.45, 7) is 1.97. The molecule has 0 spiro atoms. The third-order valence-electron chi connectivity index (χ3n) is 5.51. The second-order valence-corrected chi connectivity index (χ2v) is 7.24. The highest BCUT2D eigenvalue weighted by molar-refractivity contribution is 6.42. The van der Waals surface area contributed by atoms with Crippen molar-refractivity contribution in [1.29, 1.82) is 0 Å². The number of carbonyl (C=O) groups excluding carboxylic acids is 1. The number of nitrogens with zero attached hydrogens (tertiary/aromatic N) is 1. The van der Waals surface area contributed by atoms with Crippen LogP contribution in [0, 0.1) is 0 Å². The number of hydrogen-bond acceptors (Lipinski definition) is 2. The van der Waals surface area contributed by atoms with E-state index in [9.17, 15) is 4.79 Å². The second-order valence-electron chi connectivity index (χ2n) is 6.42. The van der Waals surface area contributed by atoms with Crippen molar-refractivity contribution in [3.05, 3.63) is 33.8 Å². The fraction of sp³-hybridized carbons (Fsp3) is 0.588. The Bertz CT molecular complexity index is 574. The Labute approximate surface area is 136 Å². The van der Waals surface area contributed by atoms with E-state index in [4.69, 9.17) is 23.2 Å². The largest absolute Gasteiger partial charge is 0.298 e. The first-order chi connectivity index (χ1) is 9.98. The molecule has 3 rings (SSSR count). The summed E-state index contributed by atoms with van der Waals surface area (Å²) in [6.07, 6.45) is 4.75. The first-order valence-electron chi connectivity index (χ1n) is 7.69. The van der Waals surface area contributed by atoms with Gasteiger partial charge in [0, 0.05) is 12.5 Å². The molecule has 0 saturated carbocycles. The smallest absolute Gasteiger partial charge is 0.152 e. The van der Waals surface area contributed by atoms with Crippen LogP contribution in [0.3, 0.4) is 0 Å². The molecule has 21 heavy (non-hydrogen) atoms. The number of hydrogen-bond donors (Lipinski definition) is 0. The Morgan fingerprint density at radius 3 is 2.81 bits per heavy atom. The maximum atomic E-state index is 12.6. The molecule has 0 aliphatic carbocycles. The van der Waals surface area contributed by atoms with Crippen LogP contribution < -0.4 is 0 Å². The van der Waals surface area contributed by atoms with Gasteiger partial charge in [-0.25, -0.2) is 0 Å². The van der Waals surface area contributed by atoms with E-state index < -0.39 is 0 Å². The average Bonchev–Trinajstić information content (AvgIpc) is 2.68. The first-order valence-corrected chi connectivity index (χ1v) is 8.44. The van der Waals surface area contributed by atoms with Gasteiger partial charge in [-0.1, -0.05) is 36.2 Å². The van der Waals surface area contributed by atoms with Crippen LogP contribution in [0.2, 0.25) is 10.0 Å². The standard InChI is InChI=1S/C17H21Cl2NO/c1-3-16(21)17-7-6-13(20(17)2)8-12(10-17)11-4-5-14(18)15(19)9-11/h4-5,9,12-13H,3,6-8,10H2,1-2H3/t12-,13?,17?/m1/s1. The van der Waals surface area contributed by atoms with Gasteiger partial charge in [0.05, 0.1) is 15.6 Å². The molecule has 2 aliphatic rings. The summed E-state index contributed by atoms with van der Waals surface area (Å²) in [5.74, 6) is 0.788. The summed E-state index contributed by atoms with van der Waals surface area (Å²) in [4.78, 5) is 14.9. The zero-order chi connectivity index (χ0) is 15.2. The molecule has 3 atom stereocenters. The Kier molecular flexibility index (Phi) is 4.06. The highest BCUT2D eigenvalue weighted by Crippen LogP contribution is 2.50. The average molecular weight is 326 g/mol. The third kappa shape index (κ3) is 2.42. The van der Waals surface area contributed by atoms with E-state index >= 15 is 0 Å². The Morgan fingerprint density at radius 1 is 1.38 bits per heavy atom. The fourth-order valence-electron chi connectivity index (χ4n) is 4.27. The van der Waals surface area contributed by atoms with Crippen LogP contribution in [0.4, 0.5) is 0 Å². The van der Waals surface area contributed by atoms with Gasteiger partial charge in [-0.05, 0) is 56.3 Å². The minimum absolute atomic E-state index is 0.256. The number of benzene rings is 1. The molecule has 2 heterocycles. The molecule has 114 valence electrons. The van der Waals surface area contributed by atoms with Crippen LogP contribution in [0.15, 0.2) is 18.2 Å². The number of piperidine rings is 1. The third-order valence-corrected chi connectivity index (χ3v) is 6.25. The highest BCUT2D eigenvalue weighted by atomic mass is 35.5. The monoisotopic (exact) mass is 325 g/mol. The molecule has 2 aliphatic heterocycles. The van der Waals surface area contributed by atoms with Crippen LogP contribution in [-0.4, -0.2) is 29.3 Å². The molecule has 0 N–H and O–H groups in total. The van der Waals surface area contributed by atoms with E-state index in [2.05, 4.69) is 18.0 Å². The molecule has 1 aromatic carbocycles. The van der Waals surface area contributed by atoms with E-state index in [1.165, 1.54) is 5.56 Å². The van der Waals surface area contributed by atoms with Crippen LogP contribution in [0.1, 0.15) is 50.5 Å². The molecule has 2 fully saturated rings. The van der Waals surface area contributed by atoms with Gasteiger partial charge in [-0.15, -0.1) is 0 Å². The first kappa shape index (κ1) is 15.3. The highest BCUT2D eigenvalue weighted by Gasteiger charge is 2.53. The molecule has 2 saturated heterocycles. The van der Waals surface area contributed by atoms with Gasteiger partial charge in [0.1, 0.15) is 0 Å². The summed E-state index contributed by atoms with van der Waals surface area (Å²) in [7, 11) is 2.12. The number of fused-ring (bicyclic) bond motifs is 2. The van der Waals surface area contributed by atoms with E-state index in [0.717, 1.165) is 25.7 Å². The summed E-state index contributed by atoms with van der Waals surface area (Å²) in [6, 6.07) is 6.42. The number of carbonyl (C=O) groups is 1. The van der Waals surface area contributed by atoms with Crippen molar-refractivity contribution in [2.75, 3.05) is 7.05 Å². The summed E-state index contributed by atoms with van der Waals surface area (Å²) < 4.78 is 0. The molecule has 1 aromatic rings. The number of Topliss-reactive ketones (excluding diaryl/α,β-unsaturated/α-hetero) is 1. The lowest BCUT2D eigenvalue weighted by Crippen LogP contribution is -2.54. The number of halogens is 2. The molecular formula is C17H21Cl2NO. The van der Waals surface area contributed by atoms with Gasteiger partial charge in [-0.3, -0.25) is 9.69 Å². The molecule has 0 aromatic heterocycles. The Balaban J connectivity index is 1.93. The lowest BCUT2D eigenvalue weighted by atomic mass is 9.75. The van der Waals surface area contributed by atoms with Crippen molar-refractivity contribution in [3.63, 3.8) is 0 Å². The van der Waals surface area contributed by atoms with Crippen LogP contribution in [0.25, 0.3) is 0 Å². The minimum Gasteiger partial charge on any atom is -0.298 e. The van der Waals surface area contributed by atoms with E-state index in [0.29, 0.717) is 34.2 Å². The molecule has 0 radical (unpaired) electrons. The van der Waals surface area contributed by atoms with Gasteiger partial charge in [0.15, 0.2) is 5.78 Å². The second kappa shape index (κ2) is 5.57. The summed E-state index contributed by atoms with van der Waals surface area (Å²) in [5, 5.41) is 1.20. The lowest BCUT2D eigenvalue weighted by Gasteiger charge is -2.45. The molecule has 0 amide bonds. The van der Waals surface area contributed by atoms with Crippen LogP contribution in [0.5, 0.6) is 0 Å². The number of rotatable bonds is 3. The minimum atomic E-state index is -0.256. The van der Waals surface area contributed by atoms with Gasteiger partial charge >= 0.3 is 0 Å². The zero-order valence-corrected chi connectivity index (χ0v) is 14.0.